The molecule has 7 nitrogen and oxygen atoms in total. The van der Waals surface area contributed by atoms with Crippen LogP contribution in [0.1, 0.15) is 23.5 Å². The molecule has 1 amide bonds. The van der Waals surface area contributed by atoms with Gasteiger partial charge in [-0.3, -0.25) is 14.9 Å². The molecular weight excluding hydrogens is 408 g/mol. The smallest absolute Gasteiger partial charge is 0.355 e. The fourth-order valence-corrected chi connectivity index (χ4v) is 3.56. The summed E-state index contributed by atoms with van der Waals surface area (Å²) in [6.45, 7) is 1.94. The Morgan fingerprint density at radius 3 is 2.53 bits per heavy atom. The summed E-state index contributed by atoms with van der Waals surface area (Å²) in [5.41, 5.74) is 0.805. The van der Waals surface area contributed by atoms with E-state index in [1.54, 1.807) is 4.90 Å². The molecule has 0 spiro atoms. The zero-order valence-corrected chi connectivity index (χ0v) is 15.8. The number of hydrogen-bond acceptors (Lipinski definition) is 5. The minimum atomic E-state index is -5.04. The molecule has 1 aromatic heterocycles. The van der Waals surface area contributed by atoms with Crippen LogP contribution in [0, 0.1) is 22.9 Å². The third-order valence-corrected chi connectivity index (χ3v) is 5.07. The first kappa shape index (κ1) is 21.5. The zero-order valence-electron chi connectivity index (χ0n) is 15.8. The summed E-state index contributed by atoms with van der Waals surface area (Å²) in [5.74, 6) is -2.64. The average molecular weight is 426 g/mol. The van der Waals surface area contributed by atoms with Crippen molar-refractivity contribution < 1.29 is 27.3 Å². The number of amides is 1. The maximum Gasteiger partial charge on any atom is 0.471 e. The van der Waals surface area contributed by atoms with Gasteiger partial charge in [0.1, 0.15) is 17.8 Å². The van der Waals surface area contributed by atoms with Crippen LogP contribution in [0.15, 0.2) is 36.5 Å². The molecule has 0 saturated carbocycles. The van der Waals surface area contributed by atoms with Crippen LogP contribution in [-0.4, -0.2) is 41.1 Å². The Hall–Kier alpha value is -3.24. The van der Waals surface area contributed by atoms with Crippen molar-refractivity contribution in [3.63, 3.8) is 0 Å². The third-order valence-electron chi connectivity index (χ3n) is 5.07. The molecule has 1 saturated heterocycles. The molecule has 1 N–H and O–H groups in total. The number of hydrogen-bond donors (Lipinski definition) is 1. The van der Waals surface area contributed by atoms with Crippen LogP contribution in [0.2, 0.25) is 0 Å². The van der Waals surface area contributed by atoms with Gasteiger partial charge in [0.15, 0.2) is 0 Å². The highest BCUT2D eigenvalue weighted by Gasteiger charge is 2.42. The lowest BCUT2D eigenvalue weighted by Crippen LogP contribution is -2.54. The van der Waals surface area contributed by atoms with Gasteiger partial charge in [0.2, 0.25) is 0 Å². The van der Waals surface area contributed by atoms with Gasteiger partial charge in [0.25, 0.3) is 5.69 Å². The van der Waals surface area contributed by atoms with E-state index in [2.05, 4.69) is 4.98 Å². The van der Waals surface area contributed by atoms with E-state index in [-0.39, 0.29) is 12.2 Å². The maximum atomic E-state index is 13.2. The molecule has 1 aromatic carbocycles. The number of carbonyl (C=O) groups excluding carboxylic acids is 1. The van der Waals surface area contributed by atoms with Crippen molar-refractivity contribution in [2.75, 3.05) is 18.0 Å². The second-order valence-corrected chi connectivity index (χ2v) is 7.06. The number of halogens is 4. The van der Waals surface area contributed by atoms with Crippen LogP contribution in [0.25, 0.3) is 0 Å². The van der Waals surface area contributed by atoms with E-state index in [9.17, 15) is 32.5 Å². The highest BCUT2D eigenvalue weighted by Crippen LogP contribution is 2.32. The summed E-state index contributed by atoms with van der Waals surface area (Å²) in [6.07, 6.45) is -3.58. The normalized spacial score (nSPS) is 19.4. The van der Waals surface area contributed by atoms with Crippen molar-refractivity contribution in [2.24, 2.45) is 0 Å². The molecule has 0 aliphatic carbocycles. The number of anilines is 1. The summed E-state index contributed by atoms with van der Waals surface area (Å²) in [4.78, 5) is 27.7. The van der Waals surface area contributed by atoms with Crippen molar-refractivity contribution >= 4 is 17.4 Å². The molecule has 2 aromatic rings. The summed E-state index contributed by atoms with van der Waals surface area (Å²) in [5, 5.41) is 13.0. The number of nitro groups is 1. The highest BCUT2D eigenvalue weighted by molar-refractivity contribution is 5.82. The van der Waals surface area contributed by atoms with Gasteiger partial charge in [-0.1, -0.05) is 12.1 Å². The highest BCUT2D eigenvalue weighted by atomic mass is 19.4. The zero-order chi connectivity index (χ0) is 22.1. The fourth-order valence-electron chi connectivity index (χ4n) is 3.56. The van der Waals surface area contributed by atoms with E-state index < -0.39 is 34.8 Å². The second-order valence-electron chi connectivity index (χ2n) is 7.06. The number of nitrogens with zero attached hydrogens (tertiary/aromatic N) is 3. The van der Waals surface area contributed by atoms with Gasteiger partial charge in [0.05, 0.1) is 11.0 Å². The van der Waals surface area contributed by atoms with Crippen LogP contribution < -0.4 is 10.2 Å². The van der Waals surface area contributed by atoms with Crippen LogP contribution in [0.4, 0.5) is 29.1 Å². The first-order valence-electron chi connectivity index (χ1n) is 9.05. The monoisotopic (exact) mass is 426 g/mol. The molecular formula is C19H18F4N4O3. The molecule has 3 rings (SSSR count). The van der Waals surface area contributed by atoms with Crippen molar-refractivity contribution in [1.29, 1.82) is 0 Å². The van der Waals surface area contributed by atoms with Gasteiger partial charge >= 0.3 is 12.1 Å². The number of alkyl halides is 3. The molecule has 160 valence electrons. The number of nitrogens with one attached hydrogen (secondary N) is 1. The van der Waals surface area contributed by atoms with E-state index in [4.69, 9.17) is 0 Å². The maximum absolute atomic E-state index is 13.2. The fraction of sp³-hybridized carbons (Fsp3) is 0.368. The largest absolute Gasteiger partial charge is 0.471 e. The molecule has 2 unspecified atom stereocenters. The molecule has 1 fully saturated rings. The molecule has 11 heteroatoms. The quantitative estimate of drug-likeness (QED) is 0.460. The molecule has 2 heterocycles. The molecule has 1 aliphatic heterocycles. The molecule has 0 bridgehead atoms. The molecule has 30 heavy (non-hydrogen) atoms. The van der Waals surface area contributed by atoms with Gasteiger partial charge < -0.3 is 10.2 Å². The summed E-state index contributed by atoms with van der Waals surface area (Å²) >= 11 is 0. The standard InChI is InChI=1S/C19H18F4N4O3/c1-11-8-17(24-9-16(11)27(29)30)26-7-6-14(12-2-4-13(20)5-3-12)15(10-26)25-18(28)19(21,22)23/h2-5,8-9,14-15H,6-7,10H2,1H3,(H,25,28). The van der Waals surface area contributed by atoms with Gasteiger partial charge in [-0.2, -0.15) is 13.2 Å². The Balaban J connectivity index is 1.87. The van der Waals surface area contributed by atoms with E-state index in [1.807, 2.05) is 5.32 Å². The average Bonchev–Trinajstić information content (AvgIpc) is 2.67. The lowest BCUT2D eigenvalue weighted by molar-refractivity contribution is -0.385. The van der Waals surface area contributed by atoms with Gasteiger partial charge in [-0.25, -0.2) is 9.37 Å². The number of aromatic nitrogens is 1. The Morgan fingerprint density at radius 2 is 1.97 bits per heavy atom. The van der Waals surface area contributed by atoms with Crippen LogP contribution in [0.5, 0.6) is 0 Å². The second kappa shape index (κ2) is 8.25. The van der Waals surface area contributed by atoms with E-state index in [1.165, 1.54) is 37.3 Å². The van der Waals surface area contributed by atoms with E-state index in [0.29, 0.717) is 29.9 Å². The minimum Gasteiger partial charge on any atom is -0.355 e. The Bertz CT molecular complexity index is 950. The van der Waals surface area contributed by atoms with Crippen molar-refractivity contribution in [3.8, 4) is 0 Å². The van der Waals surface area contributed by atoms with Crippen molar-refractivity contribution in [1.82, 2.24) is 10.3 Å². The van der Waals surface area contributed by atoms with Crippen molar-refractivity contribution in [2.45, 2.75) is 31.5 Å². The van der Waals surface area contributed by atoms with E-state index >= 15 is 0 Å². The van der Waals surface area contributed by atoms with Crippen LogP contribution in [-0.2, 0) is 4.79 Å². The predicted molar refractivity (Wildman–Crippen MR) is 99.6 cm³/mol. The Labute approximate surface area is 168 Å². The van der Waals surface area contributed by atoms with Gasteiger partial charge in [-0.15, -0.1) is 0 Å². The lowest BCUT2D eigenvalue weighted by atomic mass is 9.85. The minimum absolute atomic E-state index is 0.00805. The van der Waals surface area contributed by atoms with Gasteiger partial charge in [0, 0.05) is 24.6 Å². The van der Waals surface area contributed by atoms with Gasteiger partial charge in [-0.05, 0) is 37.1 Å². The number of piperidine rings is 1. The summed E-state index contributed by atoms with van der Waals surface area (Å²) in [6, 6.07) is 5.96. The lowest BCUT2D eigenvalue weighted by Gasteiger charge is -2.40. The third kappa shape index (κ3) is 4.66. The summed E-state index contributed by atoms with van der Waals surface area (Å²) < 4.78 is 51.7. The Morgan fingerprint density at radius 1 is 1.30 bits per heavy atom. The predicted octanol–water partition coefficient (Wildman–Crippen LogP) is 3.48. The number of aryl methyl sites for hydroxylation is 1. The Kier molecular flexibility index (Phi) is 5.90. The van der Waals surface area contributed by atoms with Crippen LogP contribution >= 0.6 is 0 Å². The van der Waals surface area contributed by atoms with E-state index in [0.717, 1.165) is 6.20 Å². The summed E-state index contributed by atoms with van der Waals surface area (Å²) in [7, 11) is 0. The van der Waals surface area contributed by atoms with Crippen molar-refractivity contribution in [3.05, 3.63) is 63.6 Å². The number of benzene rings is 1. The first-order chi connectivity index (χ1) is 14.1. The topological polar surface area (TPSA) is 88.4 Å². The molecule has 2 atom stereocenters. The number of pyridine rings is 1. The first-order valence-corrected chi connectivity index (χ1v) is 9.05. The molecule has 0 radical (unpaired) electrons. The SMILES string of the molecule is Cc1cc(N2CCC(c3ccc(F)cc3)C(NC(=O)C(F)(F)F)C2)ncc1[N+](=O)[O-]. The number of rotatable bonds is 4. The van der Waals surface area contributed by atoms with Crippen LogP contribution in [0.3, 0.4) is 0 Å². The number of carbonyl (C=O) groups is 1. The molecule has 1 aliphatic rings.